The summed E-state index contributed by atoms with van der Waals surface area (Å²) in [6.45, 7) is 8.36. The lowest BCUT2D eigenvalue weighted by Gasteiger charge is -1.68. The molecule has 0 aliphatic heterocycles. The minimum atomic E-state index is 0. The van der Waals surface area contributed by atoms with Gasteiger partial charge in [-0.3, -0.25) is 0 Å². The van der Waals surface area contributed by atoms with Crippen LogP contribution in [-0.2, 0) is 0 Å². The Morgan fingerprint density at radius 2 is 1.00 bits per heavy atom. The third-order valence-electron chi connectivity index (χ3n) is 0.500. The molecule has 48 valence electrons. The average molecular weight is 122 g/mol. The highest BCUT2D eigenvalue weighted by molar-refractivity contribution is 6.92. The van der Waals surface area contributed by atoms with E-state index < -0.39 is 0 Å². The third-order valence-corrected chi connectivity index (χ3v) is 0.500. The standard InChI is InChI=1S/C4H10.C2H6.H3P/c1-3-4-2;1-2;/h3-4H2,1-2H3;1-2H3;1H3. The Hall–Kier alpha value is 0.430. The molecule has 0 fully saturated rings. The molecular formula is C6H19P. The Bertz CT molecular complexity index is 6.14. The molecule has 1 unspecified atom stereocenters. The van der Waals surface area contributed by atoms with Gasteiger partial charge in [-0.2, -0.15) is 9.90 Å². The summed E-state index contributed by atoms with van der Waals surface area (Å²) in [5.41, 5.74) is 0. The first-order chi connectivity index (χ1) is 2.91. The predicted octanol–water partition coefficient (Wildman–Crippen LogP) is 2.89. The zero-order valence-corrected chi connectivity index (χ0v) is 7.54. The molecule has 0 aliphatic carbocycles. The topological polar surface area (TPSA) is 0 Å². The van der Waals surface area contributed by atoms with Gasteiger partial charge in [0.2, 0.25) is 0 Å². The van der Waals surface area contributed by atoms with Crippen molar-refractivity contribution in [2.75, 3.05) is 0 Å². The normalized spacial score (nSPS) is 5.14. The molecule has 0 rings (SSSR count). The molecule has 0 aromatic heterocycles. The Morgan fingerprint density at radius 3 is 1.00 bits per heavy atom. The van der Waals surface area contributed by atoms with E-state index in [1.54, 1.807) is 0 Å². The summed E-state index contributed by atoms with van der Waals surface area (Å²) < 4.78 is 0. The molecule has 7 heavy (non-hydrogen) atoms. The molecule has 0 radical (unpaired) electrons. The summed E-state index contributed by atoms with van der Waals surface area (Å²) in [6.07, 6.45) is 2.64. The fourth-order valence-corrected chi connectivity index (χ4v) is 0. The summed E-state index contributed by atoms with van der Waals surface area (Å²) in [4.78, 5) is 0. The van der Waals surface area contributed by atoms with Crippen LogP contribution in [0.1, 0.15) is 40.5 Å². The van der Waals surface area contributed by atoms with Gasteiger partial charge in [-0.25, -0.2) is 0 Å². The monoisotopic (exact) mass is 122 g/mol. The average Bonchev–Trinajstić information content (AvgIpc) is 1.72. The van der Waals surface area contributed by atoms with Crippen LogP contribution in [0.3, 0.4) is 0 Å². The van der Waals surface area contributed by atoms with Gasteiger partial charge in [0, 0.05) is 0 Å². The van der Waals surface area contributed by atoms with Crippen LogP contribution in [0.5, 0.6) is 0 Å². The molecular weight excluding hydrogens is 103 g/mol. The summed E-state index contributed by atoms with van der Waals surface area (Å²) in [6, 6.07) is 0. The van der Waals surface area contributed by atoms with Gasteiger partial charge in [-0.05, 0) is 0 Å². The van der Waals surface area contributed by atoms with E-state index in [9.17, 15) is 0 Å². The summed E-state index contributed by atoms with van der Waals surface area (Å²) in [5.74, 6) is 0. The molecule has 0 aliphatic rings. The van der Waals surface area contributed by atoms with Crippen LogP contribution in [0, 0.1) is 0 Å². The maximum absolute atomic E-state index is 2.18. The first-order valence-electron chi connectivity index (χ1n) is 2.91. The molecule has 0 nitrogen and oxygen atoms in total. The van der Waals surface area contributed by atoms with Crippen molar-refractivity contribution >= 4 is 9.90 Å². The number of rotatable bonds is 1. The molecule has 0 N–H and O–H groups in total. The van der Waals surface area contributed by atoms with Crippen molar-refractivity contribution in [3.63, 3.8) is 0 Å². The van der Waals surface area contributed by atoms with Gasteiger partial charge < -0.3 is 0 Å². The quantitative estimate of drug-likeness (QED) is 0.469. The fraction of sp³-hybridized carbons (Fsp3) is 1.00. The maximum atomic E-state index is 2.18. The lowest BCUT2D eigenvalue weighted by atomic mass is 10.4. The van der Waals surface area contributed by atoms with Gasteiger partial charge in [0.05, 0.1) is 0 Å². The Balaban J connectivity index is -0.0000000480. The SMILES string of the molecule is CC.CCCC.P. The van der Waals surface area contributed by atoms with Crippen LogP contribution in [-0.4, -0.2) is 0 Å². The van der Waals surface area contributed by atoms with Crippen LogP contribution in [0.4, 0.5) is 0 Å². The second-order valence-corrected chi connectivity index (χ2v) is 1.000. The van der Waals surface area contributed by atoms with Gasteiger partial charge in [0.15, 0.2) is 0 Å². The van der Waals surface area contributed by atoms with Crippen molar-refractivity contribution in [2.45, 2.75) is 40.5 Å². The van der Waals surface area contributed by atoms with Crippen LogP contribution in [0.2, 0.25) is 0 Å². The smallest absolute Gasteiger partial charge is 0.0564 e. The lowest BCUT2D eigenvalue weighted by Crippen LogP contribution is -1.47. The zero-order chi connectivity index (χ0) is 5.41. The highest BCUT2D eigenvalue weighted by Gasteiger charge is 1.56. The second kappa shape index (κ2) is 32.1. The van der Waals surface area contributed by atoms with E-state index >= 15 is 0 Å². The van der Waals surface area contributed by atoms with Crippen molar-refractivity contribution in [3.8, 4) is 0 Å². The van der Waals surface area contributed by atoms with Gasteiger partial charge in [0.1, 0.15) is 0 Å². The molecule has 0 saturated carbocycles. The molecule has 0 saturated heterocycles. The van der Waals surface area contributed by atoms with Crippen molar-refractivity contribution in [1.29, 1.82) is 0 Å². The van der Waals surface area contributed by atoms with Crippen LogP contribution in [0.25, 0.3) is 0 Å². The summed E-state index contributed by atoms with van der Waals surface area (Å²) in [7, 11) is 0. The van der Waals surface area contributed by atoms with Crippen LogP contribution >= 0.6 is 9.90 Å². The second-order valence-electron chi connectivity index (χ2n) is 1.000. The first kappa shape index (κ1) is 15.7. The van der Waals surface area contributed by atoms with E-state index in [0.29, 0.717) is 0 Å². The van der Waals surface area contributed by atoms with Gasteiger partial charge in [0.25, 0.3) is 0 Å². The number of hydrogen-bond donors (Lipinski definition) is 0. The van der Waals surface area contributed by atoms with Crippen molar-refractivity contribution in [3.05, 3.63) is 0 Å². The van der Waals surface area contributed by atoms with E-state index in [0.717, 1.165) is 0 Å². The van der Waals surface area contributed by atoms with Crippen molar-refractivity contribution < 1.29 is 0 Å². The Morgan fingerprint density at radius 1 is 0.857 bits per heavy atom. The molecule has 0 aromatic rings. The molecule has 0 heterocycles. The highest BCUT2D eigenvalue weighted by Crippen LogP contribution is 1.76. The number of hydrogen-bond acceptors (Lipinski definition) is 0. The first-order valence-corrected chi connectivity index (χ1v) is 2.91. The predicted molar refractivity (Wildman–Crippen MR) is 43.0 cm³/mol. The molecule has 0 spiro atoms. The molecule has 0 aromatic carbocycles. The summed E-state index contributed by atoms with van der Waals surface area (Å²) in [5, 5.41) is 0. The Kier molecular flexibility index (Phi) is 71.8. The summed E-state index contributed by atoms with van der Waals surface area (Å²) >= 11 is 0. The molecule has 0 bridgehead atoms. The van der Waals surface area contributed by atoms with E-state index in [2.05, 4.69) is 13.8 Å². The molecule has 0 amide bonds. The highest BCUT2D eigenvalue weighted by atomic mass is 31.0. The van der Waals surface area contributed by atoms with E-state index in [-0.39, 0.29) is 9.90 Å². The molecule has 1 atom stereocenters. The largest absolute Gasteiger partial charge is 0.153 e. The fourth-order valence-electron chi connectivity index (χ4n) is 0. The van der Waals surface area contributed by atoms with E-state index in [4.69, 9.17) is 0 Å². The van der Waals surface area contributed by atoms with E-state index in [1.807, 2.05) is 13.8 Å². The van der Waals surface area contributed by atoms with Gasteiger partial charge >= 0.3 is 0 Å². The van der Waals surface area contributed by atoms with Crippen molar-refractivity contribution in [1.82, 2.24) is 0 Å². The Labute approximate surface area is 51.3 Å². The minimum Gasteiger partial charge on any atom is -0.153 e. The van der Waals surface area contributed by atoms with E-state index in [1.165, 1.54) is 12.8 Å². The van der Waals surface area contributed by atoms with Crippen LogP contribution < -0.4 is 0 Å². The zero-order valence-electron chi connectivity index (χ0n) is 6.12. The molecule has 1 heteroatoms. The maximum Gasteiger partial charge on any atom is -0.0564 e. The minimum absolute atomic E-state index is 0. The number of unbranched alkanes of at least 4 members (excludes halogenated alkanes) is 1. The van der Waals surface area contributed by atoms with Gasteiger partial charge in [-0.1, -0.05) is 40.5 Å². The van der Waals surface area contributed by atoms with Crippen molar-refractivity contribution in [2.24, 2.45) is 0 Å². The lowest BCUT2D eigenvalue weighted by molar-refractivity contribution is 0.886. The third kappa shape index (κ3) is 61.7. The van der Waals surface area contributed by atoms with Gasteiger partial charge in [-0.15, -0.1) is 0 Å². The van der Waals surface area contributed by atoms with Crippen LogP contribution in [0.15, 0.2) is 0 Å².